The summed E-state index contributed by atoms with van der Waals surface area (Å²) in [7, 11) is 0. The van der Waals surface area contributed by atoms with Crippen LogP contribution >= 0.6 is 0 Å². The molecule has 1 fully saturated rings. The van der Waals surface area contributed by atoms with Gasteiger partial charge in [-0.2, -0.15) is 13.2 Å². The Morgan fingerprint density at radius 3 is 2.42 bits per heavy atom. The summed E-state index contributed by atoms with van der Waals surface area (Å²) in [6.45, 7) is 3.16. The third-order valence-electron chi connectivity index (χ3n) is 3.55. The third kappa shape index (κ3) is 3.24. The maximum atomic E-state index is 13.8. The molecule has 9 heteroatoms. The molecule has 24 heavy (non-hydrogen) atoms. The zero-order valence-corrected chi connectivity index (χ0v) is 12.8. The highest BCUT2D eigenvalue weighted by atomic mass is 19.4. The average Bonchev–Trinajstić information content (AvgIpc) is 2.71. The van der Waals surface area contributed by atoms with Gasteiger partial charge in [0.25, 0.3) is 11.8 Å². The normalized spacial score (nSPS) is 18.5. The zero-order chi connectivity index (χ0) is 18.2. The molecule has 1 saturated heterocycles. The van der Waals surface area contributed by atoms with E-state index in [1.807, 2.05) is 5.32 Å². The van der Waals surface area contributed by atoms with Gasteiger partial charge in [-0.1, -0.05) is 6.07 Å². The Bertz CT molecular complexity index is 700. The van der Waals surface area contributed by atoms with E-state index in [9.17, 15) is 31.9 Å². The first-order chi connectivity index (χ1) is 11.0. The van der Waals surface area contributed by atoms with Gasteiger partial charge in [-0.05, 0) is 26.0 Å². The first-order valence-electron chi connectivity index (χ1n) is 7.06. The predicted octanol–water partition coefficient (Wildman–Crippen LogP) is 2.11. The van der Waals surface area contributed by atoms with Gasteiger partial charge in [-0.25, -0.2) is 4.39 Å². The molecule has 0 aromatic heterocycles. The van der Waals surface area contributed by atoms with Crippen LogP contribution in [-0.2, 0) is 15.8 Å². The SMILES string of the molecule is CC(C)N1C(=O)C[C@H](NC(=O)c2c(F)cccc2C(F)(F)F)C1=O. The number of carbonyl (C=O) groups excluding carboxylic acids is 3. The van der Waals surface area contributed by atoms with E-state index in [2.05, 4.69) is 0 Å². The second-order valence-electron chi connectivity index (χ2n) is 5.59. The minimum atomic E-state index is -4.94. The van der Waals surface area contributed by atoms with Gasteiger partial charge >= 0.3 is 6.18 Å². The fraction of sp³-hybridized carbons (Fsp3) is 0.400. The van der Waals surface area contributed by atoms with Gasteiger partial charge in [0, 0.05) is 6.04 Å². The number of nitrogens with one attached hydrogen (secondary N) is 1. The molecule has 1 N–H and O–H groups in total. The highest BCUT2D eigenvalue weighted by Crippen LogP contribution is 2.33. The lowest BCUT2D eigenvalue weighted by molar-refractivity contribution is -0.140. The van der Waals surface area contributed by atoms with Crippen molar-refractivity contribution < 1.29 is 31.9 Å². The van der Waals surface area contributed by atoms with Crippen LogP contribution < -0.4 is 5.32 Å². The standard InChI is InChI=1S/C15H14F4N2O3/c1-7(2)21-11(22)6-10(14(21)24)20-13(23)12-8(15(17,18)19)4-3-5-9(12)16/h3-5,7,10H,6H2,1-2H3,(H,20,23)/t10-/m0/s1. The van der Waals surface area contributed by atoms with Gasteiger partial charge < -0.3 is 5.32 Å². The number of amides is 3. The smallest absolute Gasteiger partial charge is 0.340 e. The quantitative estimate of drug-likeness (QED) is 0.673. The molecule has 1 aliphatic heterocycles. The van der Waals surface area contributed by atoms with Gasteiger partial charge in [-0.3, -0.25) is 19.3 Å². The molecule has 0 unspecified atom stereocenters. The predicted molar refractivity (Wildman–Crippen MR) is 74.3 cm³/mol. The lowest BCUT2D eigenvalue weighted by Crippen LogP contribution is -2.44. The van der Waals surface area contributed by atoms with Gasteiger partial charge in [-0.15, -0.1) is 0 Å². The summed E-state index contributed by atoms with van der Waals surface area (Å²) in [4.78, 5) is 36.8. The average molecular weight is 346 g/mol. The van der Waals surface area contributed by atoms with E-state index in [4.69, 9.17) is 0 Å². The summed E-state index contributed by atoms with van der Waals surface area (Å²) in [5, 5.41) is 2.02. The number of halogens is 4. The molecule has 2 rings (SSSR count). The summed E-state index contributed by atoms with van der Waals surface area (Å²) >= 11 is 0. The van der Waals surface area contributed by atoms with E-state index >= 15 is 0 Å². The van der Waals surface area contributed by atoms with Crippen molar-refractivity contribution in [2.45, 2.75) is 38.5 Å². The number of hydrogen-bond acceptors (Lipinski definition) is 3. The fourth-order valence-electron chi connectivity index (χ4n) is 2.53. The van der Waals surface area contributed by atoms with Crippen LogP contribution in [0.3, 0.4) is 0 Å². The molecule has 0 aliphatic carbocycles. The van der Waals surface area contributed by atoms with Crippen molar-refractivity contribution in [3.63, 3.8) is 0 Å². The van der Waals surface area contributed by atoms with Crippen molar-refractivity contribution in [2.24, 2.45) is 0 Å². The van der Waals surface area contributed by atoms with Crippen molar-refractivity contribution in [1.82, 2.24) is 10.2 Å². The maximum absolute atomic E-state index is 13.8. The van der Waals surface area contributed by atoms with E-state index in [1.54, 1.807) is 13.8 Å². The minimum Gasteiger partial charge on any atom is -0.340 e. The Balaban J connectivity index is 2.29. The molecule has 0 spiro atoms. The summed E-state index contributed by atoms with van der Waals surface area (Å²) < 4.78 is 52.6. The highest BCUT2D eigenvalue weighted by Gasteiger charge is 2.42. The Labute approximate surface area is 134 Å². The third-order valence-corrected chi connectivity index (χ3v) is 3.55. The van der Waals surface area contributed by atoms with E-state index in [1.165, 1.54) is 0 Å². The van der Waals surface area contributed by atoms with Crippen LogP contribution in [0.25, 0.3) is 0 Å². The molecule has 0 saturated carbocycles. The van der Waals surface area contributed by atoms with Crippen molar-refractivity contribution in [3.8, 4) is 0 Å². The van der Waals surface area contributed by atoms with Crippen LogP contribution in [0, 0.1) is 5.82 Å². The summed E-state index contributed by atoms with van der Waals surface area (Å²) in [5.74, 6) is -4.03. The van der Waals surface area contributed by atoms with Gasteiger partial charge in [0.05, 0.1) is 17.5 Å². The number of carbonyl (C=O) groups is 3. The summed E-state index contributed by atoms with van der Waals surface area (Å²) in [6.07, 6.45) is -5.31. The van der Waals surface area contributed by atoms with E-state index in [0.29, 0.717) is 12.1 Å². The van der Waals surface area contributed by atoms with Crippen LogP contribution in [0.5, 0.6) is 0 Å². The van der Waals surface area contributed by atoms with Crippen molar-refractivity contribution in [1.29, 1.82) is 0 Å². The topological polar surface area (TPSA) is 66.5 Å². The number of rotatable bonds is 3. The van der Waals surface area contributed by atoms with Crippen LogP contribution in [0.15, 0.2) is 18.2 Å². The fourth-order valence-corrected chi connectivity index (χ4v) is 2.53. The number of hydrogen-bond donors (Lipinski definition) is 1. The van der Waals surface area contributed by atoms with Crippen molar-refractivity contribution in [3.05, 3.63) is 35.1 Å². The van der Waals surface area contributed by atoms with Gasteiger partial charge in [0.15, 0.2) is 0 Å². The Morgan fingerprint density at radius 1 is 1.29 bits per heavy atom. The largest absolute Gasteiger partial charge is 0.417 e. The van der Waals surface area contributed by atoms with Gasteiger partial charge in [0.2, 0.25) is 5.91 Å². The Morgan fingerprint density at radius 2 is 1.92 bits per heavy atom. The first-order valence-corrected chi connectivity index (χ1v) is 7.06. The lowest BCUT2D eigenvalue weighted by atomic mass is 10.0. The first kappa shape index (κ1) is 17.9. The zero-order valence-electron chi connectivity index (χ0n) is 12.8. The number of likely N-dealkylation sites (tertiary alicyclic amines) is 1. The molecule has 0 bridgehead atoms. The second kappa shape index (κ2) is 6.21. The van der Waals surface area contributed by atoms with E-state index in [0.717, 1.165) is 11.0 Å². The molecule has 1 aromatic carbocycles. The monoisotopic (exact) mass is 346 g/mol. The minimum absolute atomic E-state index is 0.376. The Kier molecular flexibility index (Phi) is 4.63. The summed E-state index contributed by atoms with van der Waals surface area (Å²) in [5.41, 5.74) is -2.65. The van der Waals surface area contributed by atoms with Crippen molar-refractivity contribution >= 4 is 17.7 Å². The summed E-state index contributed by atoms with van der Waals surface area (Å²) in [6, 6.07) is 0.352. The molecule has 3 amide bonds. The number of alkyl halides is 3. The van der Waals surface area contributed by atoms with Crippen LogP contribution in [0.2, 0.25) is 0 Å². The molecule has 1 atom stereocenters. The molecule has 5 nitrogen and oxygen atoms in total. The molecule has 130 valence electrons. The molecule has 1 heterocycles. The second-order valence-corrected chi connectivity index (χ2v) is 5.59. The van der Waals surface area contributed by atoms with E-state index < -0.39 is 52.9 Å². The lowest BCUT2D eigenvalue weighted by Gasteiger charge is -2.19. The molecule has 1 aliphatic rings. The maximum Gasteiger partial charge on any atom is 0.417 e. The van der Waals surface area contributed by atoms with Crippen molar-refractivity contribution in [2.75, 3.05) is 0 Å². The molecule has 1 aromatic rings. The Hall–Kier alpha value is -2.45. The van der Waals surface area contributed by atoms with E-state index in [-0.39, 0.29) is 6.42 Å². The number of benzene rings is 1. The highest BCUT2D eigenvalue weighted by molar-refractivity contribution is 6.08. The molecular formula is C15H14F4N2O3. The van der Waals surface area contributed by atoms with Crippen LogP contribution in [0.4, 0.5) is 17.6 Å². The number of imide groups is 1. The molecular weight excluding hydrogens is 332 g/mol. The van der Waals surface area contributed by atoms with Gasteiger partial charge in [0.1, 0.15) is 11.9 Å². The molecule has 0 radical (unpaired) electrons. The number of nitrogens with zero attached hydrogens (tertiary/aromatic N) is 1. The van der Waals surface area contributed by atoms with Crippen LogP contribution in [-0.4, -0.2) is 34.7 Å². The van der Waals surface area contributed by atoms with Crippen LogP contribution in [0.1, 0.15) is 36.2 Å².